The summed E-state index contributed by atoms with van der Waals surface area (Å²) in [5, 5.41) is 0. The molecular formula is C16H18BrN3O3. The van der Waals surface area contributed by atoms with Gasteiger partial charge in [-0.3, -0.25) is 14.5 Å². The number of hydrogen-bond acceptors (Lipinski definition) is 3. The first-order chi connectivity index (χ1) is 11.0. The van der Waals surface area contributed by atoms with Crippen LogP contribution in [0.4, 0.5) is 4.79 Å². The Bertz CT molecular complexity index is 660. The van der Waals surface area contributed by atoms with E-state index in [2.05, 4.69) is 15.9 Å². The number of benzene rings is 1. The summed E-state index contributed by atoms with van der Waals surface area (Å²) >= 11 is 3.45. The van der Waals surface area contributed by atoms with E-state index < -0.39 is 0 Å². The van der Waals surface area contributed by atoms with Crippen molar-refractivity contribution in [1.29, 1.82) is 0 Å². The van der Waals surface area contributed by atoms with Crippen molar-refractivity contribution >= 4 is 33.8 Å². The lowest BCUT2D eigenvalue weighted by Crippen LogP contribution is -2.42. The molecule has 2 aliphatic rings. The molecule has 0 radical (unpaired) electrons. The average molecular weight is 380 g/mol. The fourth-order valence-electron chi connectivity index (χ4n) is 2.61. The van der Waals surface area contributed by atoms with E-state index in [1.807, 2.05) is 24.3 Å². The van der Waals surface area contributed by atoms with E-state index in [4.69, 9.17) is 0 Å². The third-order valence-electron chi connectivity index (χ3n) is 4.16. The summed E-state index contributed by atoms with van der Waals surface area (Å²) in [4.78, 5) is 40.7. The van der Waals surface area contributed by atoms with Crippen molar-refractivity contribution in [1.82, 2.24) is 14.7 Å². The van der Waals surface area contributed by atoms with Gasteiger partial charge in [0, 0.05) is 24.1 Å². The van der Waals surface area contributed by atoms with Crippen LogP contribution >= 0.6 is 15.9 Å². The van der Waals surface area contributed by atoms with Gasteiger partial charge in [0.1, 0.15) is 13.1 Å². The molecule has 1 saturated carbocycles. The van der Waals surface area contributed by atoms with Crippen LogP contribution in [0.25, 0.3) is 0 Å². The number of amides is 4. The zero-order chi connectivity index (χ0) is 16.6. The monoisotopic (exact) mass is 379 g/mol. The summed E-state index contributed by atoms with van der Waals surface area (Å²) in [6, 6.07) is 7.50. The van der Waals surface area contributed by atoms with Crippen molar-refractivity contribution < 1.29 is 14.4 Å². The molecule has 2 fully saturated rings. The number of nitrogens with zero attached hydrogens (tertiary/aromatic N) is 3. The lowest BCUT2D eigenvalue weighted by molar-refractivity contribution is -0.136. The molecule has 1 aliphatic heterocycles. The van der Waals surface area contributed by atoms with E-state index in [1.165, 1.54) is 4.90 Å². The Labute approximate surface area is 143 Å². The molecule has 1 aromatic rings. The second kappa shape index (κ2) is 6.31. The number of imide groups is 1. The van der Waals surface area contributed by atoms with Crippen LogP contribution in [0.15, 0.2) is 28.7 Å². The summed E-state index contributed by atoms with van der Waals surface area (Å²) in [5.41, 5.74) is 0.974. The highest BCUT2D eigenvalue weighted by Crippen LogP contribution is 2.30. The number of carbonyl (C=O) groups is 3. The van der Waals surface area contributed by atoms with Crippen LogP contribution in [0.5, 0.6) is 0 Å². The smallest absolute Gasteiger partial charge is 0.327 e. The number of carbonyl (C=O) groups excluding carboxylic acids is 3. The Kier molecular flexibility index (Phi) is 4.39. The molecule has 1 heterocycles. The van der Waals surface area contributed by atoms with Gasteiger partial charge in [0.2, 0.25) is 5.91 Å². The Hall–Kier alpha value is -1.89. The van der Waals surface area contributed by atoms with Gasteiger partial charge in [-0.25, -0.2) is 4.79 Å². The molecule has 0 atom stereocenters. The number of likely N-dealkylation sites (N-methyl/N-ethyl adjacent to an activating group) is 1. The van der Waals surface area contributed by atoms with Crippen LogP contribution in [0.1, 0.15) is 18.4 Å². The van der Waals surface area contributed by atoms with Crippen molar-refractivity contribution in [3.8, 4) is 0 Å². The first-order valence-electron chi connectivity index (χ1n) is 7.55. The highest BCUT2D eigenvalue weighted by molar-refractivity contribution is 9.10. The quantitative estimate of drug-likeness (QED) is 0.733. The minimum atomic E-state index is -0.333. The molecule has 122 valence electrons. The largest absolute Gasteiger partial charge is 0.340 e. The van der Waals surface area contributed by atoms with E-state index in [9.17, 15) is 14.4 Å². The molecule has 1 saturated heterocycles. The molecule has 1 aliphatic carbocycles. The number of hydrogen-bond donors (Lipinski definition) is 0. The molecular weight excluding hydrogens is 362 g/mol. The average Bonchev–Trinajstić information content (AvgIpc) is 3.32. The van der Waals surface area contributed by atoms with Crippen LogP contribution in [-0.2, 0) is 16.1 Å². The maximum Gasteiger partial charge on any atom is 0.327 e. The number of rotatable bonds is 5. The SMILES string of the molecule is CN(Cc1ccccc1Br)C(=O)CN1C(=O)CN(C2CC2)C1=O. The van der Waals surface area contributed by atoms with Crippen LogP contribution in [-0.4, -0.2) is 58.7 Å². The van der Waals surface area contributed by atoms with Gasteiger partial charge < -0.3 is 9.80 Å². The van der Waals surface area contributed by atoms with Crippen LogP contribution in [0.3, 0.4) is 0 Å². The highest BCUT2D eigenvalue weighted by atomic mass is 79.9. The summed E-state index contributed by atoms with van der Waals surface area (Å²) in [6.07, 6.45) is 1.89. The summed E-state index contributed by atoms with van der Waals surface area (Å²) in [7, 11) is 1.67. The van der Waals surface area contributed by atoms with E-state index in [0.717, 1.165) is 27.8 Å². The van der Waals surface area contributed by atoms with Crippen molar-refractivity contribution in [2.45, 2.75) is 25.4 Å². The normalized spacial score (nSPS) is 17.8. The fourth-order valence-corrected chi connectivity index (χ4v) is 3.02. The van der Waals surface area contributed by atoms with Gasteiger partial charge in [-0.1, -0.05) is 34.1 Å². The Morgan fingerprint density at radius 1 is 1.30 bits per heavy atom. The molecule has 0 unspecified atom stereocenters. The third-order valence-corrected chi connectivity index (χ3v) is 4.93. The van der Waals surface area contributed by atoms with Crippen molar-refractivity contribution in [3.63, 3.8) is 0 Å². The zero-order valence-corrected chi connectivity index (χ0v) is 14.5. The van der Waals surface area contributed by atoms with Crippen molar-refractivity contribution in [2.24, 2.45) is 0 Å². The van der Waals surface area contributed by atoms with E-state index >= 15 is 0 Å². The second-order valence-corrected chi connectivity index (χ2v) is 6.82. The van der Waals surface area contributed by atoms with E-state index in [0.29, 0.717) is 6.54 Å². The van der Waals surface area contributed by atoms with Gasteiger partial charge in [0.15, 0.2) is 0 Å². The molecule has 0 aromatic heterocycles. The minimum absolute atomic E-state index is 0.102. The molecule has 23 heavy (non-hydrogen) atoms. The molecule has 3 rings (SSSR count). The molecule has 1 aromatic carbocycles. The van der Waals surface area contributed by atoms with Crippen LogP contribution in [0.2, 0.25) is 0 Å². The summed E-state index contributed by atoms with van der Waals surface area (Å²) < 4.78 is 0.924. The Balaban J connectivity index is 1.61. The van der Waals surface area contributed by atoms with E-state index in [-0.39, 0.29) is 37.0 Å². The van der Waals surface area contributed by atoms with Gasteiger partial charge in [-0.2, -0.15) is 0 Å². The predicted molar refractivity (Wildman–Crippen MR) is 87.5 cm³/mol. The third kappa shape index (κ3) is 3.39. The first kappa shape index (κ1) is 16.0. The molecule has 0 N–H and O–H groups in total. The van der Waals surface area contributed by atoms with Gasteiger partial charge in [0.25, 0.3) is 5.91 Å². The highest BCUT2D eigenvalue weighted by Gasteiger charge is 2.44. The summed E-state index contributed by atoms with van der Waals surface area (Å²) in [5.74, 6) is -0.537. The van der Waals surface area contributed by atoms with Crippen LogP contribution in [0, 0.1) is 0 Å². The summed E-state index contributed by atoms with van der Waals surface area (Å²) in [6.45, 7) is 0.329. The molecule has 6 nitrogen and oxygen atoms in total. The Morgan fingerprint density at radius 3 is 2.65 bits per heavy atom. The van der Waals surface area contributed by atoms with Gasteiger partial charge in [-0.05, 0) is 24.5 Å². The second-order valence-electron chi connectivity index (χ2n) is 5.96. The van der Waals surface area contributed by atoms with E-state index in [1.54, 1.807) is 11.9 Å². The lowest BCUT2D eigenvalue weighted by Gasteiger charge is -2.21. The standard InChI is InChI=1S/C16H18BrN3O3/c1-18(8-11-4-2-3-5-13(11)17)14(21)9-20-15(22)10-19(16(20)23)12-6-7-12/h2-5,12H,6-10H2,1H3. The van der Waals surface area contributed by atoms with Gasteiger partial charge in [-0.15, -0.1) is 0 Å². The maximum atomic E-state index is 12.3. The fraction of sp³-hybridized carbons (Fsp3) is 0.438. The van der Waals surface area contributed by atoms with Crippen LogP contribution < -0.4 is 0 Å². The van der Waals surface area contributed by atoms with Gasteiger partial charge >= 0.3 is 6.03 Å². The molecule has 7 heteroatoms. The van der Waals surface area contributed by atoms with Gasteiger partial charge in [0.05, 0.1) is 0 Å². The lowest BCUT2D eigenvalue weighted by atomic mass is 10.2. The van der Waals surface area contributed by atoms with Crippen molar-refractivity contribution in [3.05, 3.63) is 34.3 Å². The molecule has 0 spiro atoms. The molecule has 4 amide bonds. The maximum absolute atomic E-state index is 12.3. The van der Waals surface area contributed by atoms with Crippen molar-refractivity contribution in [2.75, 3.05) is 20.1 Å². The predicted octanol–water partition coefficient (Wildman–Crippen LogP) is 1.83. The minimum Gasteiger partial charge on any atom is -0.340 e. The molecule has 0 bridgehead atoms. The number of urea groups is 1. The Morgan fingerprint density at radius 2 is 2.00 bits per heavy atom. The topological polar surface area (TPSA) is 60.9 Å². The first-order valence-corrected chi connectivity index (χ1v) is 8.35. The number of halogens is 1. The zero-order valence-electron chi connectivity index (χ0n) is 12.9.